The number of aliphatic hydroxyl groups is 2. The zero-order chi connectivity index (χ0) is 16.7. The van der Waals surface area contributed by atoms with E-state index in [1.54, 1.807) is 6.26 Å². The first-order valence-electron chi connectivity index (χ1n) is 8.15. The molecule has 0 radical (unpaired) electrons. The standard InChI is InChI=1S/C16H31NO5/c1-2-3-4-5-6-7-14-22-15-17(10-12-18,11-13-19)9-8-16(20)21/h7,14,18-19H,2-6,8-13,15H2,1H3/p+1/b14-7+. The number of rotatable bonds is 15. The molecule has 0 heterocycles. The van der Waals surface area contributed by atoms with Crippen molar-refractivity contribution in [3.8, 4) is 0 Å². The van der Waals surface area contributed by atoms with E-state index in [0.29, 0.717) is 19.6 Å². The predicted octanol–water partition coefficient (Wildman–Crippen LogP) is 1.72. The molecule has 0 aromatic heterocycles. The fourth-order valence-corrected chi connectivity index (χ4v) is 2.31. The Hall–Kier alpha value is -1.11. The molecule has 0 spiro atoms. The Morgan fingerprint density at radius 3 is 2.32 bits per heavy atom. The first-order valence-corrected chi connectivity index (χ1v) is 8.15. The zero-order valence-corrected chi connectivity index (χ0v) is 13.7. The highest BCUT2D eigenvalue weighted by molar-refractivity contribution is 5.66. The van der Waals surface area contributed by atoms with E-state index in [2.05, 4.69) is 6.92 Å². The smallest absolute Gasteiger partial charge is 0.309 e. The molecule has 0 rings (SSSR count). The Bertz CT molecular complexity index is 301. The zero-order valence-electron chi connectivity index (χ0n) is 13.7. The molecule has 0 unspecified atom stereocenters. The fourth-order valence-electron chi connectivity index (χ4n) is 2.31. The van der Waals surface area contributed by atoms with Crippen LogP contribution in [-0.2, 0) is 9.53 Å². The van der Waals surface area contributed by atoms with Crippen LogP contribution in [-0.4, -0.2) is 65.4 Å². The van der Waals surface area contributed by atoms with Crippen LogP contribution in [0, 0.1) is 0 Å². The van der Waals surface area contributed by atoms with Crippen molar-refractivity contribution in [2.75, 3.05) is 39.6 Å². The molecule has 22 heavy (non-hydrogen) atoms. The molecule has 0 saturated carbocycles. The minimum atomic E-state index is -0.884. The quantitative estimate of drug-likeness (QED) is 0.185. The van der Waals surface area contributed by atoms with Crippen LogP contribution in [0.5, 0.6) is 0 Å². The van der Waals surface area contributed by atoms with Gasteiger partial charge in [-0.1, -0.05) is 26.2 Å². The van der Waals surface area contributed by atoms with Crippen LogP contribution in [0.25, 0.3) is 0 Å². The second-order valence-corrected chi connectivity index (χ2v) is 5.62. The topological polar surface area (TPSA) is 87.0 Å². The third-order valence-corrected chi connectivity index (χ3v) is 3.71. The Kier molecular flexibility index (Phi) is 12.9. The monoisotopic (exact) mass is 318 g/mol. The summed E-state index contributed by atoms with van der Waals surface area (Å²) in [6.07, 6.45) is 9.39. The summed E-state index contributed by atoms with van der Waals surface area (Å²) in [5.41, 5.74) is 0. The first kappa shape index (κ1) is 20.9. The van der Waals surface area contributed by atoms with Gasteiger partial charge in [0.15, 0.2) is 0 Å². The number of ether oxygens (including phenoxy) is 1. The number of unbranched alkanes of at least 4 members (excludes halogenated alkanes) is 4. The van der Waals surface area contributed by atoms with E-state index in [1.807, 2.05) is 6.08 Å². The number of aliphatic carboxylic acids is 1. The van der Waals surface area contributed by atoms with Gasteiger partial charge >= 0.3 is 5.97 Å². The number of hydrogen-bond donors (Lipinski definition) is 3. The van der Waals surface area contributed by atoms with E-state index in [0.717, 1.165) is 12.8 Å². The van der Waals surface area contributed by atoms with Gasteiger partial charge in [0.2, 0.25) is 6.73 Å². The number of aliphatic hydroxyl groups excluding tert-OH is 2. The molecular formula is C16H32NO5+. The van der Waals surface area contributed by atoms with Crippen molar-refractivity contribution in [3.63, 3.8) is 0 Å². The van der Waals surface area contributed by atoms with Crippen LogP contribution in [0.15, 0.2) is 12.3 Å². The van der Waals surface area contributed by atoms with Crippen LogP contribution >= 0.6 is 0 Å². The molecule has 0 saturated heterocycles. The van der Waals surface area contributed by atoms with Gasteiger partial charge in [-0.3, -0.25) is 9.28 Å². The largest absolute Gasteiger partial charge is 0.481 e. The summed E-state index contributed by atoms with van der Waals surface area (Å²) in [5.74, 6) is -0.884. The Labute approximate surface area is 133 Å². The average molecular weight is 318 g/mol. The molecule has 0 aliphatic heterocycles. The lowest BCUT2D eigenvalue weighted by molar-refractivity contribution is -0.944. The SMILES string of the molecule is CCCCCC/C=C/OC[N+](CCO)(CCO)CCC(=O)O. The second kappa shape index (κ2) is 13.5. The van der Waals surface area contributed by atoms with Crippen LogP contribution in [0.4, 0.5) is 0 Å². The molecular weight excluding hydrogens is 286 g/mol. The minimum absolute atomic E-state index is 0.00983. The summed E-state index contributed by atoms with van der Waals surface area (Å²) in [5, 5.41) is 27.2. The van der Waals surface area contributed by atoms with E-state index in [9.17, 15) is 15.0 Å². The highest BCUT2D eigenvalue weighted by Crippen LogP contribution is 2.09. The van der Waals surface area contributed by atoms with Gasteiger partial charge in [-0.2, -0.15) is 0 Å². The van der Waals surface area contributed by atoms with Crippen LogP contribution in [0.2, 0.25) is 0 Å². The number of carbonyl (C=O) groups is 1. The Morgan fingerprint density at radius 2 is 1.77 bits per heavy atom. The summed E-state index contributed by atoms with van der Waals surface area (Å²) in [6.45, 7) is 3.39. The molecule has 130 valence electrons. The fraction of sp³-hybridized carbons (Fsp3) is 0.812. The van der Waals surface area contributed by atoms with Crippen LogP contribution in [0.1, 0.15) is 45.4 Å². The normalized spacial score (nSPS) is 12.0. The molecule has 0 bridgehead atoms. The summed E-state index contributed by atoms with van der Waals surface area (Å²) >= 11 is 0. The van der Waals surface area contributed by atoms with E-state index >= 15 is 0 Å². The highest BCUT2D eigenvalue weighted by atomic mass is 16.5. The van der Waals surface area contributed by atoms with E-state index in [-0.39, 0.29) is 30.8 Å². The van der Waals surface area contributed by atoms with Crippen molar-refractivity contribution in [2.24, 2.45) is 0 Å². The molecule has 6 heteroatoms. The van der Waals surface area contributed by atoms with Gasteiger partial charge in [0.25, 0.3) is 0 Å². The number of hydrogen-bond acceptors (Lipinski definition) is 4. The Morgan fingerprint density at radius 1 is 1.09 bits per heavy atom. The summed E-state index contributed by atoms with van der Waals surface area (Å²) < 4.78 is 5.77. The first-order chi connectivity index (χ1) is 10.6. The van der Waals surface area contributed by atoms with Gasteiger partial charge in [-0.15, -0.1) is 0 Å². The number of nitrogens with zero attached hydrogens (tertiary/aromatic N) is 1. The molecule has 0 aliphatic rings. The van der Waals surface area contributed by atoms with E-state index < -0.39 is 5.97 Å². The van der Waals surface area contributed by atoms with Gasteiger partial charge < -0.3 is 20.1 Å². The van der Waals surface area contributed by atoms with E-state index in [1.165, 1.54) is 19.3 Å². The minimum Gasteiger partial charge on any atom is -0.481 e. The predicted molar refractivity (Wildman–Crippen MR) is 85.1 cm³/mol. The lowest BCUT2D eigenvalue weighted by atomic mass is 10.1. The van der Waals surface area contributed by atoms with E-state index in [4.69, 9.17) is 9.84 Å². The summed E-state index contributed by atoms with van der Waals surface area (Å²) in [7, 11) is 0. The van der Waals surface area contributed by atoms with Crippen LogP contribution < -0.4 is 0 Å². The lowest BCUT2D eigenvalue weighted by Gasteiger charge is -2.36. The van der Waals surface area contributed by atoms with Crippen molar-refractivity contribution in [2.45, 2.75) is 45.4 Å². The van der Waals surface area contributed by atoms with Gasteiger partial charge in [0.05, 0.1) is 32.4 Å². The lowest BCUT2D eigenvalue weighted by Crippen LogP contribution is -2.53. The molecule has 0 amide bonds. The molecule has 0 aromatic carbocycles. The number of carboxylic acid groups (broad SMARTS) is 1. The number of allylic oxidation sites excluding steroid dienone is 1. The van der Waals surface area contributed by atoms with Crippen molar-refractivity contribution < 1.29 is 29.3 Å². The van der Waals surface area contributed by atoms with Crippen molar-refractivity contribution in [3.05, 3.63) is 12.3 Å². The number of quaternary nitrogens is 1. The molecule has 0 atom stereocenters. The van der Waals surface area contributed by atoms with Crippen molar-refractivity contribution in [1.29, 1.82) is 0 Å². The average Bonchev–Trinajstić information content (AvgIpc) is 2.48. The maximum Gasteiger partial charge on any atom is 0.309 e. The third kappa shape index (κ3) is 10.6. The van der Waals surface area contributed by atoms with Crippen molar-refractivity contribution in [1.82, 2.24) is 0 Å². The van der Waals surface area contributed by atoms with Gasteiger partial charge in [0, 0.05) is 0 Å². The number of carboxylic acids is 1. The maximum absolute atomic E-state index is 10.8. The van der Waals surface area contributed by atoms with Gasteiger partial charge in [-0.05, 0) is 18.9 Å². The van der Waals surface area contributed by atoms with Gasteiger partial charge in [-0.25, -0.2) is 0 Å². The van der Waals surface area contributed by atoms with Crippen LogP contribution in [0.3, 0.4) is 0 Å². The highest BCUT2D eigenvalue weighted by Gasteiger charge is 2.27. The van der Waals surface area contributed by atoms with Crippen molar-refractivity contribution >= 4 is 5.97 Å². The third-order valence-electron chi connectivity index (χ3n) is 3.71. The summed E-state index contributed by atoms with van der Waals surface area (Å²) in [4.78, 5) is 10.8. The molecule has 6 nitrogen and oxygen atoms in total. The Balaban J connectivity index is 4.25. The summed E-state index contributed by atoms with van der Waals surface area (Å²) in [6, 6.07) is 0. The molecule has 0 aromatic rings. The molecule has 3 N–H and O–H groups in total. The van der Waals surface area contributed by atoms with Gasteiger partial charge in [0.1, 0.15) is 13.1 Å². The molecule has 0 aliphatic carbocycles. The molecule has 0 fully saturated rings. The second-order valence-electron chi connectivity index (χ2n) is 5.62. The maximum atomic E-state index is 10.8.